The number of carbonyl (C=O) groups is 1. The van der Waals surface area contributed by atoms with Crippen LogP contribution in [-0.2, 0) is 17.6 Å². The van der Waals surface area contributed by atoms with Crippen molar-refractivity contribution in [2.45, 2.75) is 65.0 Å². The van der Waals surface area contributed by atoms with Crippen LogP contribution >= 0.6 is 0 Å². The van der Waals surface area contributed by atoms with Gasteiger partial charge < -0.3 is 14.8 Å². The van der Waals surface area contributed by atoms with E-state index in [1.165, 1.54) is 24.0 Å². The molecule has 2 aromatic rings. The van der Waals surface area contributed by atoms with Crippen LogP contribution in [0.15, 0.2) is 36.4 Å². The van der Waals surface area contributed by atoms with Crippen LogP contribution in [0.25, 0.3) is 0 Å². The molecule has 4 heteroatoms. The first-order valence-corrected chi connectivity index (χ1v) is 10.3. The first-order chi connectivity index (χ1) is 13.5. The van der Waals surface area contributed by atoms with Crippen molar-refractivity contribution in [3.8, 4) is 11.5 Å². The summed E-state index contributed by atoms with van der Waals surface area (Å²) in [6.07, 6.45) is 4.81. The van der Waals surface area contributed by atoms with E-state index in [9.17, 15) is 4.79 Å². The minimum atomic E-state index is -0.540. The fourth-order valence-corrected chi connectivity index (χ4v) is 3.93. The van der Waals surface area contributed by atoms with Crippen LogP contribution in [0, 0.1) is 6.92 Å². The van der Waals surface area contributed by atoms with Crippen LogP contribution < -0.4 is 14.8 Å². The third-order valence-electron chi connectivity index (χ3n) is 5.57. The van der Waals surface area contributed by atoms with Crippen LogP contribution in [-0.4, -0.2) is 19.1 Å². The Morgan fingerprint density at radius 1 is 1.14 bits per heavy atom. The number of benzene rings is 2. The van der Waals surface area contributed by atoms with Gasteiger partial charge >= 0.3 is 0 Å². The van der Waals surface area contributed by atoms with Crippen LogP contribution in [0.3, 0.4) is 0 Å². The molecule has 2 aromatic carbocycles. The van der Waals surface area contributed by atoms with Gasteiger partial charge in [0.2, 0.25) is 0 Å². The van der Waals surface area contributed by atoms with Crippen LogP contribution in [0.5, 0.6) is 11.5 Å². The summed E-state index contributed by atoms with van der Waals surface area (Å²) in [6, 6.07) is 12.2. The van der Waals surface area contributed by atoms with E-state index in [1.54, 1.807) is 7.11 Å². The van der Waals surface area contributed by atoms with E-state index in [0.717, 1.165) is 41.9 Å². The average molecular weight is 382 g/mol. The van der Waals surface area contributed by atoms with Gasteiger partial charge in [-0.2, -0.15) is 0 Å². The van der Waals surface area contributed by atoms with Crippen molar-refractivity contribution < 1.29 is 14.3 Å². The van der Waals surface area contributed by atoms with E-state index in [4.69, 9.17) is 9.47 Å². The predicted octanol–water partition coefficient (Wildman–Crippen LogP) is 4.92. The van der Waals surface area contributed by atoms with Crippen LogP contribution in [0.1, 0.15) is 61.4 Å². The number of amides is 1. The van der Waals surface area contributed by atoms with Crippen molar-refractivity contribution in [3.05, 3.63) is 58.7 Å². The molecule has 4 nitrogen and oxygen atoms in total. The lowest BCUT2D eigenvalue weighted by Crippen LogP contribution is -2.38. The van der Waals surface area contributed by atoms with Gasteiger partial charge in [-0.3, -0.25) is 4.79 Å². The second-order valence-corrected chi connectivity index (χ2v) is 7.56. The van der Waals surface area contributed by atoms with Gasteiger partial charge in [-0.15, -0.1) is 0 Å². The van der Waals surface area contributed by atoms with Crippen molar-refractivity contribution in [2.75, 3.05) is 7.11 Å². The maximum Gasteiger partial charge on any atom is 0.261 e. The van der Waals surface area contributed by atoms with Crippen LogP contribution in [0.2, 0.25) is 0 Å². The Hall–Kier alpha value is -2.49. The SMILES string of the molecule is CC[C@H](NC(=O)[C@@H](C)Oc1cccc2c1CCCC2)c1ccc(OC)c(C)c1. The Balaban J connectivity index is 1.68. The zero-order chi connectivity index (χ0) is 20.1. The van der Waals surface area contributed by atoms with E-state index in [-0.39, 0.29) is 11.9 Å². The maximum absolute atomic E-state index is 12.8. The number of aryl methyl sites for hydroxylation is 2. The monoisotopic (exact) mass is 381 g/mol. The third kappa shape index (κ3) is 4.49. The predicted molar refractivity (Wildman–Crippen MR) is 112 cm³/mol. The van der Waals surface area contributed by atoms with Gasteiger partial charge in [0.25, 0.3) is 5.91 Å². The Kier molecular flexibility index (Phi) is 6.61. The number of nitrogens with one attached hydrogen (secondary N) is 1. The second-order valence-electron chi connectivity index (χ2n) is 7.56. The molecule has 3 rings (SSSR count). The van der Waals surface area contributed by atoms with Gasteiger partial charge in [-0.1, -0.05) is 31.2 Å². The molecule has 0 aliphatic heterocycles. The number of hydrogen-bond acceptors (Lipinski definition) is 3. The molecule has 0 spiro atoms. The summed E-state index contributed by atoms with van der Waals surface area (Å²) in [6.45, 7) is 5.91. The van der Waals surface area contributed by atoms with Crippen molar-refractivity contribution in [1.82, 2.24) is 5.32 Å². The molecule has 0 bridgehead atoms. The van der Waals surface area contributed by atoms with Crippen molar-refractivity contribution >= 4 is 5.91 Å². The molecule has 1 N–H and O–H groups in total. The molecule has 1 amide bonds. The summed E-state index contributed by atoms with van der Waals surface area (Å²) in [7, 11) is 1.67. The minimum absolute atomic E-state index is 0.0483. The highest BCUT2D eigenvalue weighted by atomic mass is 16.5. The number of carbonyl (C=O) groups excluding carboxylic acids is 1. The summed E-state index contributed by atoms with van der Waals surface area (Å²) in [5.74, 6) is 1.62. The fourth-order valence-electron chi connectivity index (χ4n) is 3.93. The molecule has 1 aliphatic carbocycles. The molecular weight excluding hydrogens is 350 g/mol. The molecule has 2 atom stereocenters. The normalized spacial score (nSPS) is 15.3. The average Bonchev–Trinajstić information content (AvgIpc) is 2.72. The molecule has 28 heavy (non-hydrogen) atoms. The number of ether oxygens (including phenoxy) is 2. The van der Waals surface area contributed by atoms with Gasteiger partial charge in [-0.25, -0.2) is 0 Å². The van der Waals surface area contributed by atoms with Gasteiger partial charge in [0, 0.05) is 0 Å². The smallest absolute Gasteiger partial charge is 0.261 e. The maximum atomic E-state index is 12.8. The minimum Gasteiger partial charge on any atom is -0.496 e. The fraction of sp³-hybridized carbons (Fsp3) is 0.458. The Labute approximate surface area is 168 Å². The summed E-state index contributed by atoms with van der Waals surface area (Å²) in [5, 5.41) is 3.14. The van der Waals surface area contributed by atoms with Gasteiger partial charge in [0.15, 0.2) is 6.10 Å². The molecule has 0 fully saturated rings. The van der Waals surface area contributed by atoms with E-state index < -0.39 is 6.10 Å². The number of hydrogen-bond donors (Lipinski definition) is 1. The Morgan fingerprint density at radius 3 is 2.64 bits per heavy atom. The summed E-state index contributed by atoms with van der Waals surface area (Å²) >= 11 is 0. The highest BCUT2D eigenvalue weighted by Crippen LogP contribution is 2.30. The molecule has 0 saturated heterocycles. The number of methoxy groups -OCH3 is 1. The van der Waals surface area contributed by atoms with Crippen molar-refractivity contribution in [3.63, 3.8) is 0 Å². The lowest BCUT2D eigenvalue weighted by molar-refractivity contribution is -0.128. The topological polar surface area (TPSA) is 47.6 Å². The van der Waals surface area contributed by atoms with Gasteiger partial charge in [0.1, 0.15) is 11.5 Å². The largest absolute Gasteiger partial charge is 0.496 e. The molecule has 0 unspecified atom stereocenters. The van der Waals surface area contributed by atoms with Crippen LogP contribution in [0.4, 0.5) is 0 Å². The van der Waals surface area contributed by atoms with Crippen molar-refractivity contribution in [2.24, 2.45) is 0 Å². The standard InChI is InChI=1S/C24H31NO3/c1-5-21(19-13-14-22(27-4)16(2)15-19)25-24(26)17(3)28-23-12-8-10-18-9-6-7-11-20(18)23/h8,10,12-15,17,21H,5-7,9,11H2,1-4H3,(H,25,26)/t17-,21+/m1/s1. The molecule has 1 aliphatic rings. The zero-order valence-corrected chi connectivity index (χ0v) is 17.4. The molecular formula is C24H31NO3. The first kappa shape index (κ1) is 20.2. The third-order valence-corrected chi connectivity index (χ3v) is 5.57. The zero-order valence-electron chi connectivity index (χ0n) is 17.4. The van der Waals surface area contributed by atoms with Gasteiger partial charge in [0.05, 0.1) is 13.2 Å². The molecule has 0 radical (unpaired) electrons. The quantitative estimate of drug-likeness (QED) is 0.741. The Bertz CT molecular complexity index is 831. The highest BCUT2D eigenvalue weighted by molar-refractivity contribution is 5.81. The molecule has 150 valence electrons. The summed E-state index contributed by atoms with van der Waals surface area (Å²) in [4.78, 5) is 12.8. The second kappa shape index (κ2) is 9.13. The number of fused-ring (bicyclic) bond motifs is 1. The molecule has 0 saturated carbocycles. The lowest BCUT2D eigenvalue weighted by atomic mass is 9.91. The first-order valence-electron chi connectivity index (χ1n) is 10.3. The highest BCUT2D eigenvalue weighted by Gasteiger charge is 2.22. The van der Waals surface area contributed by atoms with Crippen molar-refractivity contribution in [1.29, 1.82) is 0 Å². The lowest BCUT2D eigenvalue weighted by Gasteiger charge is -2.24. The van der Waals surface area contributed by atoms with E-state index in [2.05, 4.69) is 24.4 Å². The van der Waals surface area contributed by atoms with E-state index >= 15 is 0 Å². The number of rotatable bonds is 7. The van der Waals surface area contributed by atoms with E-state index in [1.807, 2.05) is 38.1 Å². The Morgan fingerprint density at radius 2 is 1.93 bits per heavy atom. The molecule has 0 heterocycles. The van der Waals surface area contributed by atoms with E-state index in [0.29, 0.717) is 0 Å². The summed E-state index contributed by atoms with van der Waals surface area (Å²) < 4.78 is 11.4. The summed E-state index contributed by atoms with van der Waals surface area (Å²) in [5.41, 5.74) is 4.77. The molecule has 0 aromatic heterocycles. The van der Waals surface area contributed by atoms with Gasteiger partial charge in [-0.05, 0) is 80.3 Å².